The van der Waals surface area contributed by atoms with Gasteiger partial charge >= 0.3 is 0 Å². The lowest BCUT2D eigenvalue weighted by Gasteiger charge is -2.17. The molecule has 0 saturated carbocycles. The number of aliphatic hydroxyl groups excluding tert-OH is 2. The molecular weight excluding hydrogens is 234 g/mol. The van der Waals surface area contributed by atoms with Crippen LogP contribution in [0.5, 0.6) is 0 Å². The fraction of sp³-hybridized carbons (Fsp3) is 0.364. The number of hydrogen-bond donors (Lipinski definition) is 3. The number of pyridine rings is 1. The lowest BCUT2D eigenvalue weighted by atomic mass is 10.0. The molecule has 7 nitrogen and oxygen atoms in total. The molecule has 2 unspecified atom stereocenters. The van der Waals surface area contributed by atoms with E-state index in [0.717, 1.165) is 5.39 Å². The van der Waals surface area contributed by atoms with Crippen LogP contribution in [0.1, 0.15) is 18.1 Å². The van der Waals surface area contributed by atoms with E-state index in [-0.39, 0.29) is 13.0 Å². The number of nitrogens with one attached hydrogen (secondary N) is 1. The monoisotopic (exact) mass is 247 g/mol. The van der Waals surface area contributed by atoms with Gasteiger partial charge in [0.2, 0.25) is 0 Å². The van der Waals surface area contributed by atoms with Crippen molar-refractivity contribution in [3.05, 3.63) is 40.5 Å². The zero-order chi connectivity index (χ0) is 13.0. The van der Waals surface area contributed by atoms with E-state index in [1.54, 1.807) is 24.5 Å². The first-order valence-corrected chi connectivity index (χ1v) is 5.53. The Kier molecular flexibility index (Phi) is 3.78. The van der Waals surface area contributed by atoms with E-state index in [9.17, 15) is 10.2 Å². The maximum atomic E-state index is 10.1. The molecule has 0 aromatic carbocycles. The molecular formula is C11H13N5O2. The van der Waals surface area contributed by atoms with Gasteiger partial charge in [0.15, 0.2) is 0 Å². The number of rotatable bonds is 5. The average Bonchev–Trinajstić information content (AvgIpc) is 2.86. The molecule has 2 aromatic rings. The van der Waals surface area contributed by atoms with Gasteiger partial charge in [0.1, 0.15) is 11.8 Å². The van der Waals surface area contributed by atoms with Crippen LogP contribution in [0, 0.1) is 0 Å². The smallest absolute Gasteiger partial charge is 0.137 e. The van der Waals surface area contributed by atoms with Crippen molar-refractivity contribution in [3.8, 4) is 0 Å². The Morgan fingerprint density at radius 3 is 3.06 bits per heavy atom. The molecule has 94 valence electrons. The van der Waals surface area contributed by atoms with Crippen molar-refractivity contribution in [2.45, 2.75) is 18.6 Å². The predicted octanol–water partition coefficient (Wildman–Crippen LogP) is 1.66. The van der Waals surface area contributed by atoms with Crippen molar-refractivity contribution >= 4 is 11.0 Å². The van der Waals surface area contributed by atoms with E-state index in [1.807, 2.05) is 0 Å². The Morgan fingerprint density at radius 2 is 2.28 bits per heavy atom. The lowest BCUT2D eigenvalue weighted by molar-refractivity contribution is 0.0159. The molecule has 0 spiro atoms. The Bertz CT molecular complexity index is 576. The van der Waals surface area contributed by atoms with Crippen molar-refractivity contribution in [3.63, 3.8) is 0 Å². The minimum atomic E-state index is -1.03. The van der Waals surface area contributed by atoms with Gasteiger partial charge in [0, 0.05) is 29.2 Å². The van der Waals surface area contributed by atoms with Gasteiger partial charge in [-0.15, -0.1) is 0 Å². The molecule has 2 atom stereocenters. The van der Waals surface area contributed by atoms with Crippen molar-refractivity contribution in [2.75, 3.05) is 6.54 Å². The fourth-order valence-electron chi connectivity index (χ4n) is 1.84. The third-order valence-electron chi connectivity index (χ3n) is 2.77. The van der Waals surface area contributed by atoms with Crippen molar-refractivity contribution in [1.82, 2.24) is 9.97 Å². The maximum absolute atomic E-state index is 10.1. The van der Waals surface area contributed by atoms with Gasteiger partial charge in [-0.25, -0.2) is 4.98 Å². The summed E-state index contributed by atoms with van der Waals surface area (Å²) in [6.07, 6.45) is 1.49. The van der Waals surface area contributed by atoms with Gasteiger partial charge in [-0.1, -0.05) is 5.11 Å². The minimum absolute atomic E-state index is 0.149. The third kappa shape index (κ3) is 2.43. The SMILES string of the molecule is [N-]=[N+]=NCCC(O)C(O)c1ccnc2[nH]ccc12. The molecule has 0 fully saturated rings. The van der Waals surface area contributed by atoms with Crippen LogP contribution in [0.3, 0.4) is 0 Å². The normalized spacial score (nSPS) is 14.1. The molecule has 0 radical (unpaired) electrons. The second kappa shape index (κ2) is 5.50. The minimum Gasteiger partial charge on any atom is -0.390 e. The molecule has 0 saturated heterocycles. The molecule has 2 heterocycles. The number of H-pyrrole nitrogens is 1. The van der Waals surface area contributed by atoms with Crippen LogP contribution >= 0.6 is 0 Å². The summed E-state index contributed by atoms with van der Waals surface area (Å²) in [5.74, 6) is 0. The molecule has 0 aliphatic carbocycles. The zero-order valence-corrected chi connectivity index (χ0v) is 9.56. The summed E-state index contributed by atoms with van der Waals surface area (Å²) in [7, 11) is 0. The molecule has 2 aromatic heterocycles. The number of hydrogen-bond acceptors (Lipinski definition) is 4. The highest BCUT2D eigenvalue weighted by atomic mass is 16.3. The van der Waals surface area contributed by atoms with Gasteiger partial charge in [-0.2, -0.15) is 0 Å². The summed E-state index contributed by atoms with van der Waals surface area (Å²) in [6.45, 7) is 0.149. The Balaban J connectivity index is 2.19. The first-order chi connectivity index (χ1) is 8.74. The summed E-state index contributed by atoms with van der Waals surface area (Å²) >= 11 is 0. The quantitative estimate of drug-likeness (QED) is 0.423. The summed E-state index contributed by atoms with van der Waals surface area (Å²) in [5, 5.41) is 24.0. The summed E-state index contributed by atoms with van der Waals surface area (Å²) in [5.41, 5.74) is 9.42. The Hall–Kier alpha value is -2.08. The molecule has 0 amide bonds. The van der Waals surface area contributed by atoms with Crippen LogP contribution in [-0.4, -0.2) is 32.8 Å². The van der Waals surface area contributed by atoms with Crippen LogP contribution in [-0.2, 0) is 0 Å². The third-order valence-corrected chi connectivity index (χ3v) is 2.77. The predicted molar refractivity (Wildman–Crippen MR) is 65.7 cm³/mol. The van der Waals surface area contributed by atoms with Crippen LogP contribution < -0.4 is 0 Å². The van der Waals surface area contributed by atoms with E-state index >= 15 is 0 Å². The van der Waals surface area contributed by atoms with E-state index in [1.165, 1.54) is 0 Å². The molecule has 7 heteroatoms. The van der Waals surface area contributed by atoms with Gasteiger partial charge in [-0.3, -0.25) is 0 Å². The summed E-state index contributed by atoms with van der Waals surface area (Å²) in [4.78, 5) is 9.64. The van der Waals surface area contributed by atoms with Crippen LogP contribution in [0.4, 0.5) is 0 Å². The number of azide groups is 1. The highest BCUT2D eigenvalue weighted by Gasteiger charge is 2.20. The van der Waals surface area contributed by atoms with E-state index in [2.05, 4.69) is 20.0 Å². The zero-order valence-electron chi connectivity index (χ0n) is 9.56. The maximum Gasteiger partial charge on any atom is 0.137 e. The topological polar surface area (TPSA) is 118 Å². The number of fused-ring (bicyclic) bond motifs is 1. The van der Waals surface area contributed by atoms with Crippen molar-refractivity contribution < 1.29 is 10.2 Å². The van der Waals surface area contributed by atoms with Crippen LogP contribution in [0.25, 0.3) is 21.5 Å². The molecule has 0 bridgehead atoms. The van der Waals surface area contributed by atoms with Crippen LogP contribution in [0.2, 0.25) is 0 Å². The Morgan fingerprint density at radius 1 is 1.44 bits per heavy atom. The standard InChI is InChI=1S/C11H13N5O2/c12-16-15-6-3-9(17)10(18)7-1-4-13-11-8(7)2-5-14-11/h1-2,4-5,9-10,17-18H,3,6H2,(H,13,14). The number of nitrogens with zero attached hydrogens (tertiary/aromatic N) is 4. The number of aromatic amines is 1. The second-order valence-corrected chi connectivity index (χ2v) is 3.90. The van der Waals surface area contributed by atoms with Gasteiger partial charge < -0.3 is 15.2 Å². The van der Waals surface area contributed by atoms with E-state index < -0.39 is 12.2 Å². The molecule has 18 heavy (non-hydrogen) atoms. The number of aliphatic hydroxyl groups is 2. The van der Waals surface area contributed by atoms with E-state index in [4.69, 9.17) is 5.53 Å². The molecule has 3 N–H and O–H groups in total. The summed E-state index contributed by atoms with van der Waals surface area (Å²) < 4.78 is 0. The average molecular weight is 247 g/mol. The first-order valence-electron chi connectivity index (χ1n) is 5.53. The largest absolute Gasteiger partial charge is 0.390 e. The van der Waals surface area contributed by atoms with Gasteiger partial charge in [0.05, 0.1) is 6.10 Å². The first kappa shape index (κ1) is 12.4. The molecule has 0 aliphatic heterocycles. The Labute approximate surface area is 103 Å². The second-order valence-electron chi connectivity index (χ2n) is 3.90. The fourth-order valence-corrected chi connectivity index (χ4v) is 1.84. The van der Waals surface area contributed by atoms with Crippen molar-refractivity contribution in [2.24, 2.45) is 5.11 Å². The molecule has 0 aliphatic rings. The summed E-state index contributed by atoms with van der Waals surface area (Å²) in [6, 6.07) is 3.46. The highest BCUT2D eigenvalue weighted by molar-refractivity contribution is 5.79. The van der Waals surface area contributed by atoms with E-state index in [0.29, 0.717) is 11.2 Å². The van der Waals surface area contributed by atoms with Gasteiger partial charge in [-0.05, 0) is 29.6 Å². The number of aromatic nitrogens is 2. The molecule has 2 rings (SSSR count). The van der Waals surface area contributed by atoms with Crippen LogP contribution in [0.15, 0.2) is 29.6 Å². The highest BCUT2D eigenvalue weighted by Crippen LogP contribution is 2.25. The lowest BCUT2D eigenvalue weighted by Crippen LogP contribution is -2.19. The van der Waals surface area contributed by atoms with Crippen molar-refractivity contribution in [1.29, 1.82) is 0 Å². The van der Waals surface area contributed by atoms with Gasteiger partial charge in [0.25, 0.3) is 0 Å².